The molecule has 0 aliphatic carbocycles. The molecule has 0 aromatic heterocycles. The first-order valence-corrected chi connectivity index (χ1v) is 3.86. The molecule has 2 N–H and O–H groups in total. The molecule has 3 heteroatoms. The maximum absolute atomic E-state index is 4.36. The zero-order valence-electron chi connectivity index (χ0n) is 6.17. The van der Waals surface area contributed by atoms with Crippen LogP contribution in [0.5, 0.6) is 0 Å². The highest BCUT2D eigenvalue weighted by molar-refractivity contribution is 5.58. The smallest absolute Gasteiger partial charge is 0.0831 e. The third-order valence-electron chi connectivity index (χ3n) is 2.36. The van der Waals surface area contributed by atoms with Gasteiger partial charge in [0.1, 0.15) is 0 Å². The molecule has 2 rings (SSSR count). The lowest BCUT2D eigenvalue weighted by atomic mass is 9.93. The van der Waals surface area contributed by atoms with E-state index in [9.17, 15) is 0 Å². The fourth-order valence-corrected chi connectivity index (χ4v) is 1.74. The standard InChI is InChI=1S/C7H13N3/c1-5-2-8-3-6-7(5)10-4-9-6/h4-8H,2-3H2,1H3,(H,9,10). The SMILES string of the molecule is CC1CNCC2NC=NC12. The summed E-state index contributed by atoms with van der Waals surface area (Å²) in [5.41, 5.74) is 0. The van der Waals surface area contributed by atoms with Crippen LogP contribution in [0, 0.1) is 5.92 Å². The van der Waals surface area contributed by atoms with Crippen molar-refractivity contribution in [1.82, 2.24) is 10.6 Å². The Morgan fingerprint density at radius 3 is 3.20 bits per heavy atom. The Bertz CT molecular complexity index is 155. The minimum atomic E-state index is 0.529. The van der Waals surface area contributed by atoms with Crippen molar-refractivity contribution in [2.24, 2.45) is 10.9 Å². The molecule has 3 unspecified atom stereocenters. The summed E-state index contributed by atoms with van der Waals surface area (Å²) >= 11 is 0. The second-order valence-electron chi connectivity index (χ2n) is 3.18. The van der Waals surface area contributed by atoms with Crippen LogP contribution in [0.15, 0.2) is 4.99 Å². The van der Waals surface area contributed by atoms with Gasteiger partial charge in [-0.2, -0.15) is 0 Å². The van der Waals surface area contributed by atoms with Crippen molar-refractivity contribution in [3.8, 4) is 0 Å². The molecule has 2 heterocycles. The van der Waals surface area contributed by atoms with E-state index in [2.05, 4.69) is 22.5 Å². The van der Waals surface area contributed by atoms with Gasteiger partial charge in [0.25, 0.3) is 0 Å². The summed E-state index contributed by atoms with van der Waals surface area (Å²) in [5, 5.41) is 6.60. The van der Waals surface area contributed by atoms with Crippen molar-refractivity contribution in [3.63, 3.8) is 0 Å². The van der Waals surface area contributed by atoms with Crippen molar-refractivity contribution in [2.45, 2.75) is 19.0 Å². The molecule has 10 heavy (non-hydrogen) atoms. The third-order valence-corrected chi connectivity index (χ3v) is 2.36. The molecule has 0 aromatic rings. The Hall–Kier alpha value is -0.570. The number of rotatable bonds is 0. The number of aliphatic imine (C=N–C) groups is 1. The molecule has 0 spiro atoms. The highest BCUT2D eigenvalue weighted by Gasteiger charge is 2.31. The van der Waals surface area contributed by atoms with Crippen LogP contribution < -0.4 is 10.6 Å². The second kappa shape index (κ2) is 2.23. The summed E-state index contributed by atoms with van der Waals surface area (Å²) in [6.07, 6.45) is 1.85. The fraction of sp³-hybridized carbons (Fsp3) is 0.857. The average molecular weight is 139 g/mol. The lowest BCUT2D eigenvalue weighted by Gasteiger charge is -2.30. The van der Waals surface area contributed by atoms with E-state index in [1.54, 1.807) is 0 Å². The van der Waals surface area contributed by atoms with Crippen molar-refractivity contribution in [1.29, 1.82) is 0 Å². The highest BCUT2D eigenvalue weighted by Crippen LogP contribution is 2.16. The number of hydrogen-bond acceptors (Lipinski definition) is 3. The minimum Gasteiger partial charge on any atom is -0.370 e. The van der Waals surface area contributed by atoms with Crippen molar-refractivity contribution >= 4 is 6.34 Å². The minimum absolute atomic E-state index is 0.529. The van der Waals surface area contributed by atoms with Crippen LogP contribution in [0.4, 0.5) is 0 Å². The molecule has 3 atom stereocenters. The van der Waals surface area contributed by atoms with Crippen LogP contribution in [0.25, 0.3) is 0 Å². The van der Waals surface area contributed by atoms with Gasteiger partial charge in [-0.05, 0) is 12.5 Å². The summed E-state index contributed by atoms with van der Waals surface area (Å²) in [4.78, 5) is 4.36. The maximum Gasteiger partial charge on any atom is 0.0831 e. The molecule has 3 nitrogen and oxygen atoms in total. The quantitative estimate of drug-likeness (QED) is 0.479. The molecule has 1 fully saturated rings. The highest BCUT2D eigenvalue weighted by atomic mass is 15.1. The fourth-order valence-electron chi connectivity index (χ4n) is 1.74. The number of nitrogens with one attached hydrogen (secondary N) is 2. The number of nitrogens with zero attached hydrogens (tertiary/aromatic N) is 1. The van der Waals surface area contributed by atoms with Gasteiger partial charge in [0, 0.05) is 6.54 Å². The molecule has 2 aliphatic heterocycles. The van der Waals surface area contributed by atoms with E-state index in [0.29, 0.717) is 18.0 Å². The molecule has 56 valence electrons. The molecule has 1 saturated heterocycles. The van der Waals surface area contributed by atoms with E-state index in [0.717, 1.165) is 13.1 Å². The monoisotopic (exact) mass is 139 g/mol. The van der Waals surface area contributed by atoms with Crippen LogP contribution >= 0.6 is 0 Å². The Morgan fingerprint density at radius 2 is 2.40 bits per heavy atom. The Kier molecular flexibility index (Phi) is 1.38. The summed E-state index contributed by atoms with van der Waals surface area (Å²) in [5.74, 6) is 0.685. The van der Waals surface area contributed by atoms with Crippen LogP contribution in [-0.4, -0.2) is 31.5 Å². The summed E-state index contributed by atoms with van der Waals surface area (Å²) in [6, 6.07) is 1.09. The molecular formula is C7H13N3. The number of fused-ring (bicyclic) bond motifs is 1. The van der Waals surface area contributed by atoms with Gasteiger partial charge in [0.2, 0.25) is 0 Å². The van der Waals surface area contributed by atoms with Crippen LogP contribution in [-0.2, 0) is 0 Å². The molecule has 0 radical (unpaired) electrons. The molecule has 0 saturated carbocycles. The second-order valence-corrected chi connectivity index (χ2v) is 3.18. The topological polar surface area (TPSA) is 36.4 Å². The summed E-state index contributed by atoms with van der Waals surface area (Å²) in [6.45, 7) is 4.42. The van der Waals surface area contributed by atoms with E-state index in [4.69, 9.17) is 0 Å². The number of hydrogen-bond donors (Lipinski definition) is 2. The van der Waals surface area contributed by atoms with Crippen molar-refractivity contribution < 1.29 is 0 Å². The van der Waals surface area contributed by atoms with Gasteiger partial charge >= 0.3 is 0 Å². The van der Waals surface area contributed by atoms with Crippen molar-refractivity contribution in [3.05, 3.63) is 0 Å². The predicted molar refractivity (Wildman–Crippen MR) is 41.2 cm³/mol. The van der Waals surface area contributed by atoms with E-state index in [-0.39, 0.29) is 0 Å². The normalized spacial score (nSPS) is 44.7. The van der Waals surface area contributed by atoms with Gasteiger partial charge in [0.15, 0.2) is 0 Å². The van der Waals surface area contributed by atoms with Crippen LogP contribution in [0.1, 0.15) is 6.92 Å². The molecule has 0 bridgehead atoms. The van der Waals surface area contributed by atoms with Gasteiger partial charge < -0.3 is 10.6 Å². The lowest BCUT2D eigenvalue weighted by molar-refractivity contribution is 0.314. The molecule has 2 aliphatic rings. The first-order valence-electron chi connectivity index (χ1n) is 3.86. The van der Waals surface area contributed by atoms with Crippen molar-refractivity contribution in [2.75, 3.05) is 13.1 Å². The van der Waals surface area contributed by atoms with Gasteiger partial charge in [-0.15, -0.1) is 0 Å². The molecular weight excluding hydrogens is 126 g/mol. The largest absolute Gasteiger partial charge is 0.370 e. The Balaban J connectivity index is 2.08. The van der Waals surface area contributed by atoms with E-state index < -0.39 is 0 Å². The van der Waals surface area contributed by atoms with Gasteiger partial charge in [-0.1, -0.05) is 6.92 Å². The first-order chi connectivity index (χ1) is 4.88. The van der Waals surface area contributed by atoms with Crippen LogP contribution in [0.3, 0.4) is 0 Å². The zero-order chi connectivity index (χ0) is 6.97. The Morgan fingerprint density at radius 1 is 1.50 bits per heavy atom. The van der Waals surface area contributed by atoms with Gasteiger partial charge in [-0.25, -0.2) is 0 Å². The van der Waals surface area contributed by atoms with E-state index in [1.165, 1.54) is 0 Å². The molecule has 0 amide bonds. The van der Waals surface area contributed by atoms with Gasteiger partial charge in [0.05, 0.1) is 18.4 Å². The molecule has 0 aromatic carbocycles. The van der Waals surface area contributed by atoms with E-state index >= 15 is 0 Å². The van der Waals surface area contributed by atoms with E-state index in [1.807, 2.05) is 6.34 Å². The first kappa shape index (κ1) is 6.16. The predicted octanol–water partition coefficient (Wildman–Crippen LogP) is -0.406. The van der Waals surface area contributed by atoms with Gasteiger partial charge in [-0.3, -0.25) is 4.99 Å². The van der Waals surface area contributed by atoms with Crippen LogP contribution in [0.2, 0.25) is 0 Å². The summed E-state index contributed by atoms with van der Waals surface area (Å²) in [7, 11) is 0. The lowest BCUT2D eigenvalue weighted by Crippen LogP contribution is -2.51. The Labute approximate surface area is 60.9 Å². The third kappa shape index (κ3) is 0.814. The maximum atomic E-state index is 4.36. The average Bonchev–Trinajstić information content (AvgIpc) is 2.36. The summed E-state index contributed by atoms with van der Waals surface area (Å²) < 4.78 is 0. The number of piperidine rings is 1. The zero-order valence-corrected chi connectivity index (χ0v) is 6.17.